The van der Waals surface area contributed by atoms with Crippen molar-refractivity contribution in [1.82, 2.24) is 18.8 Å². The lowest BCUT2D eigenvalue weighted by Gasteiger charge is -2.33. The second-order valence-corrected chi connectivity index (χ2v) is 8.45. The molecule has 1 saturated heterocycles. The van der Waals surface area contributed by atoms with Gasteiger partial charge in [0.2, 0.25) is 10.0 Å². The summed E-state index contributed by atoms with van der Waals surface area (Å²) in [6, 6.07) is 3.29. The molecule has 0 saturated carbocycles. The van der Waals surface area contributed by atoms with Crippen molar-refractivity contribution >= 4 is 10.0 Å². The minimum Gasteiger partial charge on any atom is -0.465 e. The van der Waals surface area contributed by atoms with Crippen molar-refractivity contribution in [1.29, 1.82) is 0 Å². The van der Waals surface area contributed by atoms with Gasteiger partial charge < -0.3 is 13.7 Å². The van der Waals surface area contributed by atoms with E-state index in [9.17, 15) is 18.0 Å². The summed E-state index contributed by atoms with van der Waals surface area (Å²) in [6.07, 6.45) is 1.04. The molecule has 28 heavy (non-hydrogen) atoms. The Kier molecular flexibility index (Phi) is 5.89. The highest BCUT2D eigenvalue weighted by atomic mass is 32.2. The van der Waals surface area contributed by atoms with Gasteiger partial charge in [-0.15, -0.1) is 0 Å². The number of furan rings is 1. The van der Waals surface area contributed by atoms with Crippen molar-refractivity contribution < 1.29 is 17.6 Å². The number of nitrogens with one attached hydrogen (secondary N) is 1. The van der Waals surface area contributed by atoms with E-state index in [1.807, 2.05) is 19.1 Å². The van der Waals surface area contributed by atoms with Crippen LogP contribution in [0.4, 0.5) is 0 Å². The molecular formula is C17H24N4O6S. The molecule has 154 valence electrons. The van der Waals surface area contributed by atoms with E-state index in [1.165, 1.54) is 14.1 Å². The molecule has 3 rings (SSSR count). The van der Waals surface area contributed by atoms with Gasteiger partial charge in [-0.2, -0.15) is 0 Å². The zero-order chi connectivity index (χ0) is 20.5. The van der Waals surface area contributed by atoms with E-state index in [2.05, 4.69) is 9.62 Å². The number of ether oxygens (including phenoxy) is 1. The SMILES string of the molecule is Cc1ccc([C@H](CNS(=O)(=O)c2cn(C)c(=O)n(C)c2=O)N2CCOCC2)o1. The Labute approximate surface area is 162 Å². The number of hydrogen-bond acceptors (Lipinski definition) is 7. The van der Waals surface area contributed by atoms with Crippen LogP contribution in [0.25, 0.3) is 0 Å². The molecule has 1 N–H and O–H groups in total. The van der Waals surface area contributed by atoms with Crippen LogP contribution in [-0.4, -0.2) is 55.3 Å². The molecule has 1 aliphatic heterocycles. The molecule has 1 aliphatic rings. The number of aromatic nitrogens is 2. The highest BCUT2D eigenvalue weighted by Gasteiger charge is 2.28. The van der Waals surface area contributed by atoms with Crippen molar-refractivity contribution in [2.45, 2.75) is 17.9 Å². The smallest absolute Gasteiger partial charge is 0.330 e. The van der Waals surface area contributed by atoms with Gasteiger partial charge in [-0.1, -0.05) is 0 Å². The monoisotopic (exact) mass is 412 g/mol. The number of nitrogens with zero attached hydrogens (tertiary/aromatic N) is 3. The molecule has 1 atom stereocenters. The molecule has 0 spiro atoms. The molecule has 0 unspecified atom stereocenters. The van der Waals surface area contributed by atoms with Crippen molar-refractivity contribution in [3.05, 3.63) is 50.7 Å². The fourth-order valence-corrected chi connectivity index (χ4v) is 4.35. The summed E-state index contributed by atoms with van der Waals surface area (Å²) in [5.74, 6) is 1.36. The zero-order valence-electron chi connectivity index (χ0n) is 16.0. The number of rotatable bonds is 6. The Morgan fingerprint density at radius 1 is 1.18 bits per heavy atom. The molecule has 0 aromatic carbocycles. The van der Waals surface area contributed by atoms with E-state index in [1.54, 1.807) is 0 Å². The van der Waals surface area contributed by atoms with E-state index < -0.39 is 26.2 Å². The quantitative estimate of drug-likeness (QED) is 0.669. The van der Waals surface area contributed by atoms with Crippen LogP contribution in [0.1, 0.15) is 17.6 Å². The Bertz CT molecular complexity index is 1060. The average Bonchev–Trinajstić information content (AvgIpc) is 3.10. The first-order chi connectivity index (χ1) is 13.2. The van der Waals surface area contributed by atoms with Crippen LogP contribution < -0.4 is 16.0 Å². The molecule has 2 aromatic rings. The molecule has 0 radical (unpaired) electrons. The maximum absolute atomic E-state index is 12.8. The molecule has 1 fully saturated rings. The number of aryl methyl sites for hydroxylation is 2. The zero-order valence-corrected chi connectivity index (χ0v) is 16.9. The minimum atomic E-state index is -4.13. The van der Waals surface area contributed by atoms with E-state index in [4.69, 9.17) is 9.15 Å². The summed E-state index contributed by atoms with van der Waals surface area (Å²) in [4.78, 5) is 25.7. The van der Waals surface area contributed by atoms with Gasteiger partial charge in [-0.05, 0) is 19.1 Å². The van der Waals surface area contributed by atoms with Gasteiger partial charge in [-0.25, -0.2) is 17.9 Å². The summed E-state index contributed by atoms with van der Waals surface area (Å²) >= 11 is 0. The largest absolute Gasteiger partial charge is 0.465 e. The maximum Gasteiger partial charge on any atom is 0.330 e. The first kappa shape index (κ1) is 20.5. The summed E-state index contributed by atoms with van der Waals surface area (Å²) in [7, 11) is -1.50. The normalized spacial score (nSPS) is 17.0. The minimum absolute atomic E-state index is 0.0152. The highest BCUT2D eigenvalue weighted by molar-refractivity contribution is 7.89. The molecule has 10 nitrogen and oxygen atoms in total. The standard InChI is InChI=1S/C17H24N4O6S/c1-12-4-5-14(27-12)13(21-6-8-26-9-7-21)10-18-28(24,25)15-11-19(2)17(23)20(3)16(15)22/h4-5,11,13,18H,6-10H2,1-3H3/t13-/m0/s1. The third-order valence-electron chi connectivity index (χ3n) is 4.75. The lowest BCUT2D eigenvalue weighted by Crippen LogP contribution is -2.45. The number of hydrogen-bond donors (Lipinski definition) is 1. The molecule has 11 heteroatoms. The second kappa shape index (κ2) is 8.03. The fourth-order valence-electron chi connectivity index (χ4n) is 3.16. The van der Waals surface area contributed by atoms with Crippen molar-refractivity contribution in [3.8, 4) is 0 Å². The van der Waals surface area contributed by atoms with Crippen LogP contribution in [0.3, 0.4) is 0 Å². The van der Waals surface area contributed by atoms with Crippen LogP contribution in [0.2, 0.25) is 0 Å². The van der Waals surface area contributed by atoms with E-state index in [0.717, 1.165) is 21.1 Å². The molecule has 0 amide bonds. The first-order valence-electron chi connectivity index (χ1n) is 8.85. The molecule has 3 heterocycles. The predicted molar refractivity (Wildman–Crippen MR) is 101 cm³/mol. The first-order valence-corrected chi connectivity index (χ1v) is 10.3. The van der Waals surface area contributed by atoms with Crippen LogP contribution in [-0.2, 0) is 28.9 Å². The Hall–Kier alpha value is -2.21. The topological polar surface area (TPSA) is 116 Å². The molecule has 0 aliphatic carbocycles. The van der Waals surface area contributed by atoms with Crippen molar-refractivity contribution in [2.24, 2.45) is 14.1 Å². The van der Waals surface area contributed by atoms with Crippen molar-refractivity contribution in [2.75, 3.05) is 32.8 Å². The molecule has 2 aromatic heterocycles. The third-order valence-corrected chi connectivity index (χ3v) is 6.15. The summed E-state index contributed by atoms with van der Waals surface area (Å²) < 4.78 is 41.0. The third kappa shape index (κ3) is 4.12. The van der Waals surface area contributed by atoms with E-state index in [0.29, 0.717) is 32.1 Å². The highest BCUT2D eigenvalue weighted by Crippen LogP contribution is 2.23. The number of morpholine rings is 1. The summed E-state index contributed by atoms with van der Waals surface area (Å²) in [5, 5.41) is 0. The summed E-state index contributed by atoms with van der Waals surface area (Å²) in [5.41, 5.74) is -1.46. The van der Waals surface area contributed by atoms with Gasteiger partial charge in [-0.3, -0.25) is 14.3 Å². The van der Waals surface area contributed by atoms with Gasteiger partial charge >= 0.3 is 5.69 Å². The second-order valence-electron chi connectivity index (χ2n) is 6.72. The molecule has 0 bridgehead atoms. The van der Waals surface area contributed by atoms with Gasteiger partial charge in [0.25, 0.3) is 5.56 Å². The fraction of sp³-hybridized carbons (Fsp3) is 0.529. The lowest BCUT2D eigenvalue weighted by atomic mass is 10.2. The van der Waals surface area contributed by atoms with Gasteiger partial charge in [0.15, 0.2) is 4.90 Å². The Morgan fingerprint density at radius 2 is 1.86 bits per heavy atom. The Morgan fingerprint density at radius 3 is 2.46 bits per heavy atom. The maximum atomic E-state index is 12.8. The van der Waals surface area contributed by atoms with Crippen LogP contribution >= 0.6 is 0 Å². The van der Waals surface area contributed by atoms with E-state index >= 15 is 0 Å². The lowest BCUT2D eigenvalue weighted by molar-refractivity contribution is 0.0127. The number of sulfonamides is 1. The predicted octanol–water partition coefficient (Wildman–Crippen LogP) is -0.663. The molecular weight excluding hydrogens is 388 g/mol. The van der Waals surface area contributed by atoms with Crippen molar-refractivity contribution in [3.63, 3.8) is 0 Å². The van der Waals surface area contributed by atoms with Crippen LogP contribution in [0, 0.1) is 6.92 Å². The van der Waals surface area contributed by atoms with Crippen LogP contribution in [0.15, 0.2) is 37.2 Å². The van der Waals surface area contributed by atoms with Gasteiger partial charge in [0.05, 0.1) is 19.3 Å². The van der Waals surface area contributed by atoms with Gasteiger partial charge in [0, 0.05) is 39.9 Å². The van der Waals surface area contributed by atoms with E-state index in [-0.39, 0.29) is 12.6 Å². The van der Waals surface area contributed by atoms with Crippen LogP contribution in [0.5, 0.6) is 0 Å². The summed E-state index contributed by atoms with van der Waals surface area (Å²) in [6.45, 7) is 4.19. The Balaban J connectivity index is 1.88. The average molecular weight is 412 g/mol. The van der Waals surface area contributed by atoms with Gasteiger partial charge in [0.1, 0.15) is 11.5 Å².